The van der Waals surface area contributed by atoms with Crippen molar-refractivity contribution in [3.05, 3.63) is 90.5 Å². The molecule has 0 aromatic heterocycles. The number of anilines is 3. The van der Waals surface area contributed by atoms with Gasteiger partial charge >= 0.3 is 6.03 Å². The van der Waals surface area contributed by atoms with Gasteiger partial charge in [-0.15, -0.1) is 0 Å². The smallest absolute Gasteiger partial charge is 0.319 e. The van der Waals surface area contributed by atoms with Gasteiger partial charge in [0.15, 0.2) is 0 Å². The largest absolute Gasteiger partial charge is 0.356 e. The van der Waals surface area contributed by atoms with Crippen molar-refractivity contribution in [3.8, 4) is 0 Å². The van der Waals surface area contributed by atoms with Gasteiger partial charge in [-0.05, 0) is 48.9 Å². The summed E-state index contributed by atoms with van der Waals surface area (Å²) in [4.78, 5) is 26.7. The first-order valence-electron chi connectivity index (χ1n) is 10.4. The molecule has 0 saturated carbocycles. The minimum atomic E-state index is -0.309. The summed E-state index contributed by atoms with van der Waals surface area (Å²) in [6, 6.07) is 26.8. The number of urea groups is 1. The van der Waals surface area contributed by atoms with Crippen LogP contribution in [0.5, 0.6) is 0 Å². The average molecular weight is 415 g/mol. The second kappa shape index (κ2) is 9.34. The number of hydrogen-bond donors (Lipinski definition) is 3. The summed E-state index contributed by atoms with van der Waals surface area (Å²) in [5, 5.41) is 9.07. The maximum absolute atomic E-state index is 12.5. The summed E-state index contributed by atoms with van der Waals surface area (Å²) < 4.78 is 0. The molecule has 0 spiro atoms. The minimum Gasteiger partial charge on any atom is -0.356 e. The van der Waals surface area contributed by atoms with E-state index in [0.29, 0.717) is 18.7 Å². The van der Waals surface area contributed by atoms with E-state index in [9.17, 15) is 9.59 Å². The average Bonchev–Trinajstić information content (AvgIpc) is 3.15. The second-order valence-electron chi connectivity index (χ2n) is 7.70. The van der Waals surface area contributed by atoms with E-state index in [1.165, 1.54) is 0 Å². The summed E-state index contributed by atoms with van der Waals surface area (Å²) in [6.07, 6.45) is 0.310. The highest BCUT2D eigenvalue weighted by molar-refractivity contribution is 5.90. The topological polar surface area (TPSA) is 73.5 Å². The number of nitrogens with zero attached hydrogens (tertiary/aromatic N) is 1. The zero-order valence-corrected chi connectivity index (χ0v) is 17.4. The molecule has 0 radical (unpaired) electrons. The van der Waals surface area contributed by atoms with Gasteiger partial charge in [0.2, 0.25) is 5.91 Å². The lowest BCUT2D eigenvalue weighted by Gasteiger charge is -2.25. The van der Waals surface area contributed by atoms with Crippen LogP contribution in [0.2, 0.25) is 0 Å². The summed E-state index contributed by atoms with van der Waals surface area (Å²) in [5.41, 5.74) is 3.71. The molecule has 6 heteroatoms. The number of benzene rings is 3. The molecule has 1 saturated heterocycles. The van der Waals surface area contributed by atoms with E-state index in [1.54, 1.807) is 0 Å². The van der Waals surface area contributed by atoms with Crippen molar-refractivity contribution < 1.29 is 9.59 Å². The first kappa shape index (κ1) is 20.5. The molecule has 3 amide bonds. The third kappa shape index (κ3) is 5.22. The van der Waals surface area contributed by atoms with Crippen LogP contribution in [0.3, 0.4) is 0 Å². The number of likely N-dealkylation sites (tertiary alicyclic amines) is 1. The fourth-order valence-corrected chi connectivity index (χ4v) is 3.79. The van der Waals surface area contributed by atoms with Gasteiger partial charge in [-0.25, -0.2) is 4.79 Å². The van der Waals surface area contributed by atoms with Crippen molar-refractivity contribution in [2.24, 2.45) is 0 Å². The molecule has 3 aromatic rings. The predicted molar refractivity (Wildman–Crippen MR) is 123 cm³/mol. The van der Waals surface area contributed by atoms with Crippen LogP contribution < -0.4 is 16.0 Å². The number of carbonyl (C=O) groups excluding carboxylic acids is 2. The summed E-state index contributed by atoms with van der Waals surface area (Å²) in [7, 11) is 0. The lowest BCUT2D eigenvalue weighted by atomic mass is 10.1. The van der Waals surface area contributed by atoms with Crippen LogP contribution in [0, 0.1) is 0 Å². The monoisotopic (exact) mass is 414 g/mol. The quantitative estimate of drug-likeness (QED) is 0.536. The van der Waals surface area contributed by atoms with Gasteiger partial charge < -0.3 is 20.9 Å². The lowest BCUT2D eigenvalue weighted by molar-refractivity contribution is -0.129. The standard InChI is InChI=1S/C25H26N4O2/c1-18(19-8-4-2-5-9-19)29-17-23(16-24(29)30)28-25(31)27-22-14-12-21(13-15-22)26-20-10-6-3-7-11-20/h2-15,18,23,26H,16-17H2,1H3,(H2,27,28,31). The maximum Gasteiger partial charge on any atom is 0.319 e. The molecule has 3 aromatic carbocycles. The first-order valence-corrected chi connectivity index (χ1v) is 10.4. The summed E-state index contributed by atoms with van der Waals surface area (Å²) in [5.74, 6) is 0.0537. The number of nitrogens with one attached hydrogen (secondary N) is 3. The fraction of sp³-hybridized carbons (Fsp3) is 0.200. The van der Waals surface area contributed by atoms with Crippen molar-refractivity contribution in [3.63, 3.8) is 0 Å². The van der Waals surface area contributed by atoms with Gasteiger partial charge in [-0.3, -0.25) is 4.79 Å². The third-order valence-electron chi connectivity index (χ3n) is 5.45. The molecule has 2 atom stereocenters. The molecule has 0 aliphatic carbocycles. The minimum absolute atomic E-state index is 0.0202. The molecule has 31 heavy (non-hydrogen) atoms. The number of hydrogen-bond acceptors (Lipinski definition) is 3. The summed E-state index contributed by atoms with van der Waals surface area (Å²) >= 11 is 0. The molecule has 1 aliphatic rings. The first-order chi connectivity index (χ1) is 15.1. The predicted octanol–water partition coefficient (Wildman–Crippen LogP) is 4.91. The van der Waals surface area contributed by atoms with Crippen molar-refractivity contribution in [2.75, 3.05) is 17.2 Å². The SMILES string of the molecule is CC(c1ccccc1)N1CC(NC(=O)Nc2ccc(Nc3ccccc3)cc2)CC1=O. The highest BCUT2D eigenvalue weighted by Gasteiger charge is 2.33. The molecular weight excluding hydrogens is 388 g/mol. The van der Waals surface area contributed by atoms with Crippen LogP contribution in [0.25, 0.3) is 0 Å². The van der Waals surface area contributed by atoms with Crippen molar-refractivity contribution in [1.82, 2.24) is 10.2 Å². The highest BCUT2D eigenvalue weighted by Crippen LogP contribution is 2.25. The second-order valence-corrected chi connectivity index (χ2v) is 7.70. The van der Waals surface area contributed by atoms with E-state index < -0.39 is 0 Å². The Morgan fingerprint density at radius 1 is 0.871 bits per heavy atom. The Labute approximate surface area is 182 Å². The molecule has 3 N–H and O–H groups in total. The van der Waals surface area contributed by atoms with Gasteiger partial charge in [0, 0.05) is 30.0 Å². The van der Waals surface area contributed by atoms with Crippen LogP contribution in [0.4, 0.5) is 21.9 Å². The molecule has 1 fully saturated rings. The lowest BCUT2D eigenvalue weighted by Crippen LogP contribution is -2.40. The van der Waals surface area contributed by atoms with Gasteiger partial charge in [0.05, 0.1) is 12.1 Å². The zero-order valence-electron chi connectivity index (χ0n) is 17.4. The van der Waals surface area contributed by atoms with E-state index >= 15 is 0 Å². The molecule has 1 heterocycles. The van der Waals surface area contributed by atoms with Gasteiger partial charge in [0.1, 0.15) is 0 Å². The Morgan fingerprint density at radius 2 is 1.45 bits per heavy atom. The Bertz CT molecular complexity index is 1020. The Kier molecular flexibility index (Phi) is 6.17. The number of amides is 3. The van der Waals surface area contributed by atoms with Crippen LogP contribution in [0.1, 0.15) is 24.9 Å². The fourth-order valence-electron chi connectivity index (χ4n) is 3.79. The summed E-state index contributed by atoms with van der Waals surface area (Å²) in [6.45, 7) is 2.52. The van der Waals surface area contributed by atoms with Gasteiger partial charge in [-0.1, -0.05) is 48.5 Å². The number of para-hydroxylation sites is 1. The highest BCUT2D eigenvalue weighted by atomic mass is 16.2. The van der Waals surface area contributed by atoms with Crippen molar-refractivity contribution in [1.29, 1.82) is 0 Å². The van der Waals surface area contributed by atoms with Gasteiger partial charge in [-0.2, -0.15) is 0 Å². The molecule has 1 aliphatic heterocycles. The van der Waals surface area contributed by atoms with E-state index in [2.05, 4.69) is 16.0 Å². The van der Waals surface area contributed by atoms with E-state index in [-0.39, 0.29) is 24.0 Å². The van der Waals surface area contributed by atoms with Crippen LogP contribution in [0.15, 0.2) is 84.9 Å². The molecular formula is C25H26N4O2. The molecule has 0 bridgehead atoms. The molecule has 158 valence electrons. The molecule has 2 unspecified atom stereocenters. The van der Waals surface area contributed by atoms with E-state index in [1.807, 2.05) is 96.8 Å². The third-order valence-corrected chi connectivity index (χ3v) is 5.45. The Morgan fingerprint density at radius 3 is 2.13 bits per heavy atom. The maximum atomic E-state index is 12.5. The van der Waals surface area contributed by atoms with E-state index in [4.69, 9.17) is 0 Å². The van der Waals surface area contributed by atoms with Crippen LogP contribution in [-0.4, -0.2) is 29.4 Å². The van der Waals surface area contributed by atoms with Crippen molar-refractivity contribution in [2.45, 2.75) is 25.4 Å². The molecule has 6 nitrogen and oxygen atoms in total. The zero-order chi connectivity index (χ0) is 21.6. The van der Waals surface area contributed by atoms with E-state index in [0.717, 1.165) is 16.9 Å². The van der Waals surface area contributed by atoms with Crippen molar-refractivity contribution >= 4 is 29.0 Å². The number of carbonyl (C=O) groups is 2. The van der Waals surface area contributed by atoms with Gasteiger partial charge in [0.25, 0.3) is 0 Å². The van der Waals surface area contributed by atoms with Crippen LogP contribution >= 0.6 is 0 Å². The van der Waals surface area contributed by atoms with Crippen LogP contribution in [-0.2, 0) is 4.79 Å². The Hall–Kier alpha value is -3.80. The normalized spacial score (nSPS) is 16.6. The Balaban J connectivity index is 1.29. The molecule has 4 rings (SSSR count). The number of rotatable bonds is 6.